The van der Waals surface area contributed by atoms with Gasteiger partial charge in [0.15, 0.2) is 0 Å². The molecule has 0 radical (unpaired) electrons. The zero-order valence-corrected chi connectivity index (χ0v) is 11.3. The summed E-state index contributed by atoms with van der Waals surface area (Å²) in [7, 11) is 1.49. The minimum Gasteiger partial charge on any atom is -0.398 e. The minimum atomic E-state index is -0.731. The van der Waals surface area contributed by atoms with Gasteiger partial charge in [-0.05, 0) is 22.9 Å². The predicted molar refractivity (Wildman–Crippen MR) is 78.6 cm³/mol. The summed E-state index contributed by atoms with van der Waals surface area (Å²) >= 11 is 0. The molecule has 0 aliphatic carbocycles. The summed E-state index contributed by atoms with van der Waals surface area (Å²) in [6.45, 7) is 0.298. The van der Waals surface area contributed by atoms with Crippen molar-refractivity contribution < 1.29 is 14.6 Å². The Morgan fingerprint density at radius 1 is 1.35 bits per heavy atom. The first-order valence-electron chi connectivity index (χ1n) is 6.35. The first-order chi connectivity index (χ1) is 9.61. The number of aliphatic hydroxyl groups excluding tert-OH is 1. The third kappa shape index (κ3) is 3.26. The summed E-state index contributed by atoms with van der Waals surface area (Å²) in [6, 6.07) is 11.2. The van der Waals surface area contributed by atoms with E-state index in [1.54, 1.807) is 12.1 Å². The van der Waals surface area contributed by atoms with Crippen LogP contribution < -0.4 is 11.1 Å². The van der Waals surface area contributed by atoms with Crippen LogP contribution in [0.25, 0.3) is 10.8 Å². The molecule has 0 aliphatic rings. The van der Waals surface area contributed by atoms with Crippen LogP contribution in [0.5, 0.6) is 0 Å². The van der Waals surface area contributed by atoms with Gasteiger partial charge in [-0.2, -0.15) is 0 Å². The van der Waals surface area contributed by atoms with Crippen LogP contribution in [0.4, 0.5) is 5.69 Å². The number of nitrogens with two attached hydrogens (primary N) is 1. The van der Waals surface area contributed by atoms with Gasteiger partial charge in [0.2, 0.25) is 0 Å². The van der Waals surface area contributed by atoms with Crippen molar-refractivity contribution in [2.45, 2.75) is 6.10 Å². The number of hydrogen-bond acceptors (Lipinski definition) is 4. The van der Waals surface area contributed by atoms with E-state index in [1.165, 1.54) is 7.11 Å². The highest BCUT2D eigenvalue weighted by molar-refractivity contribution is 6.03. The molecule has 1 amide bonds. The molecule has 0 bridgehead atoms. The van der Waals surface area contributed by atoms with Crippen molar-refractivity contribution in [3.05, 3.63) is 42.0 Å². The Balaban J connectivity index is 2.15. The highest BCUT2D eigenvalue weighted by atomic mass is 16.5. The number of methoxy groups -OCH3 is 1. The number of amides is 1. The number of rotatable bonds is 5. The van der Waals surface area contributed by atoms with Gasteiger partial charge in [-0.3, -0.25) is 4.79 Å². The number of carbonyl (C=O) groups excluding carboxylic acids is 1. The summed E-state index contributed by atoms with van der Waals surface area (Å²) in [5, 5.41) is 14.1. The van der Waals surface area contributed by atoms with Crippen molar-refractivity contribution >= 4 is 22.4 Å². The summed E-state index contributed by atoms with van der Waals surface area (Å²) in [6.07, 6.45) is -0.731. The highest BCUT2D eigenvalue weighted by Gasteiger charge is 2.12. The Hall–Kier alpha value is -2.11. The molecule has 1 unspecified atom stereocenters. The second-order valence-corrected chi connectivity index (χ2v) is 4.61. The number of aliphatic hydroxyl groups is 1. The van der Waals surface area contributed by atoms with Crippen LogP contribution in [0, 0.1) is 0 Å². The molecule has 2 aromatic rings. The van der Waals surface area contributed by atoms with Crippen LogP contribution >= 0.6 is 0 Å². The Morgan fingerprint density at radius 2 is 2.00 bits per heavy atom. The van der Waals surface area contributed by atoms with Gasteiger partial charge in [-0.15, -0.1) is 0 Å². The largest absolute Gasteiger partial charge is 0.398 e. The molecule has 0 aliphatic heterocycles. The van der Waals surface area contributed by atoms with E-state index in [0.29, 0.717) is 11.3 Å². The summed E-state index contributed by atoms with van der Waals surface area (Å²) < 4.78 is 4.80. The molecular weight excluding hydrogens is 256 g/mol. The third-order valence-electron chi connectivity index (χ3n) is 3.02. The normalized spacial score (nSPS) is 12.3. The van der Waals surface area contributed by atoms with Crippen molar-refractivity contribution in [2.75, 3.05) is 26.0 Å². The van der Waals surface area contributed by atoms with E-state index in [4.69, 9.17) is 10.5 Å². The molecule has 20 heavy (non-hydrogen) atoms. The van der Waals surface area contributed by atoms with Crippen LogP contribution in [0.2, 0.25) is 0 Å². The highest BCUT2D eigenvalue weighted by Crippen LogP contribution is 2.21. The smallest absolute Gasteiger partial charge is 0.253 e. The number of nitrogen functional groups attached to an aromatic ring is 1. The fourth-order valence-electron chi connectivity index (χ4n) is 2.01. The number of nitrogens with one attached hydrogen (secondary N) is 1. The fourth-order valence-corrected chi connectivity index (χ4v) is 2.01. The van der Waals surface area contributed by atoms with Crippen LogP contribution in [0.3, 0.4) is 0 Å². The Bertz CT molecular complexity index is 613. The van der Waals surface area contributed by atoms with Gasteiger partial charge >= 0.3 is 0 Å². The molecule has 0 fully saturated rings. The topological polar surface area (TPSA) is 84.6 Å². The average Bonchev–Trinajstić information content (AvgIpc) is 2.44. The van der Waals surface area contributed by atoms with Gasteiger partial charge in [-0.25, -0.2) is 0 Å². The third-order valence-corrected chi connectivity index (χ3v) is 3.02. The zero-order valence-electron chi connectivity index (χ0n) is 11.3. The molecule has 0 heterocycles. The van der Waals surface area contributed by atoms with Crippen LogP contribution in [-0.2, 0) is 4.74 Å². The Morgan fingerprint density at radius 3 is 2.65 bits per heavy atom. The Kier molecular flexibility index (Phi) is 4.55. The van der Waals surface area contributed by atoms with E-state index < -0.39 is 6.10 Å². The van der Waals surface area contributed by atoms with E-state index in [0.717, 1.165) is 10.8 Å². The second kappa shape index (κ2) is 6.36. The van der Waals surface area contributed by atoms with Crippen molar-refractivity contribution in [3.8, 4) is 0 Å². The molecule has 0 spiro atoms. The summed E-state index contributed by atoms with van der Waals surface area (Å²) in [5.74, 6) is -0.302. The van der Waals surface area contributed by atoms with E-state index in [2.05, 4.69) is 5.32 Å². The van der Waals surface area contributed by atoms with Gasteiger partial charge in [0.05, 0.1) is 18.3 Å². The first-order valence-corrected chi connectivity index (χ1v) is 6.35. The van der Waals surface area contributed by atoms with Crippen LogP contribution in [-0.4, -0.2) is 37.4 Å². The number of hydrogen-bond donors (Lipinski definition) is 3. The van der Waals surface area contributed by atoms with Crippen LogP contribution in [0.15, 0.2) is 36.4 Å². The molecule has 4 N–H and O–H groups in total. The van der Waals surface area contributed by atoms with Gasteiger partial charge in [0, 0.05) is 19.3 Å². The number of carbonyl (C=O) groups is 1. The van der Waals surface area contributed by atoms with Gasteiger partial charge < -0.3 is 20.9 Å². The first kappa shape index (κ1) is 14.3. The quantitative estimate of drug-likeness (QED) is 0.714. The lowest BCUT2D eigenvalue weighted by molar-refractivity contribution is 0.0610. The lowest BCUT2D eigenvalue weighted by atomic mass is 10.0. The zero-order chi connectivity index (χ0) is 14.5. The molecule has 0 saturated carbocycles. The average molecular weight is 274 g/mol. The maximum atomic E-state index is 12.1. The fraction of sp³-hybridized carbons (Fsp3) is 0.267. The minimum absolute atomic E-state index is 0.124. The summed E-state index contributed by atoms with van der Waals surface area (Å²) in [5.41, 5.74) is 6.73. The van der Waals surface area contributed by atoms with E-state index in [1.807, 2.05) is 24.3 Å². The van der Waals surface area contributed by atoms with Crippen LogP contribution in [0.1, 0.15) is 10.4 Å². The predicted octanol–water partition coefficient (Wildman–Crippen LogP) is 1.16. The van der Waals surface area contributed by atoms with E-state index in [9.17, 15) is 9.90 Å². The Labute approximate surface area is 117 Å². The molecule has 0 saturated heterocycles. The summed E-state index contributed by atoms with van der Waals surface area (Å²) in [4.78, 5) is 12.1. The maximum Gasteiger partial charge on any atom is 0.253 e. The molecule has 106 valence electrons. The van der Waals surface area contributed by atoms with Crippen molar-refractivity contribution in [3.63, 3.8) is 0 Å². The molecule has 5 nitrogen and oxygen atoms in total. The molecule has 1 atom stereocenters. The SMILES string of the molecule is COCC(O)CNC(=O)c1cc2ccccc2cc1N. The standard InChI is InChI=1S/C15H18N2O3/c1-20-9-12(18)8-17-15(19)13-6-10-4-2-3-5-11(10)7-14(13)16/h2-7,12,18H,8-9,16H2,1H3,(H,17,19). The number of benzene rings is 2. The van der Waals surface area contributed by atoms with Crippen molar-refractivity contribution in [2.24, 2.45) is 0 Å². The molecule has 2 rings (SSSR count). The van der Waals surface area contributed by atoms with Gasteiger partial charge in [0.1, 0.15) is 0 Å². The van der Waals surface area contributed by atoms with E-state index in [-0.39, 0.29) is 19.1 Å². The second-order valence-electron chi connectivity index (χ2n) is 4.61. The molecule has 5 heteroatoms. The lowest BCUT2D eigenvalue weighted by Gasteiger charge is -2.12. The lowest BCUT2D eigenvalue weighted by Crippen LogP contribution is -2.34. The molecule has 0 aromatic heterocycles. The number of anilines is 1. The number of ether oxygens (including phenoxy) is 1. The van der Waals surface area contributed by atoms with Crippen molar-refractivity contribution in [1.82, 2.24) is 5.32 Å². The monoisotopic (exact) mass is 274 g/mol. The van der Waals surface area contributed by atoms with Gasteiger partial charge in [-0.1, -0.05) is 24.3 Å². The van der Waals surface area contributed by atoms with E-state index >= 15 is 0 Å². The molecule has 2 aromatic carbocycles. The number of fused-ring (bicyclic) bond motifs is 1. The van der Waals surface area contributed by atoms with Crippen molar-refractivity contribution in [1.29, 1.82) is 0 Å². The van der Waals surface area contributed by atoms with Gasteiger partial charge in [0.25, 0.3) is 5.91 Å². The molecular formula is C15H18N2O3. The maximum absolute atomic E-state index is 12.1.